The molecule has 10 heteroatoms. The second-order valence-electron chi connectivity index (χ2n) is 7.64. The van der Waals surface area contributed by atoms with E-state index in [4.69, 9.17) is 4.74 Å². The smallest absolute Gasteiger partial charge is 0.345 e. The molecule has 0 spiro atoms. The molecule has 3 aromatic carbocycles. The van der Waals surface area contributed by atoms with Crippen molar-refractivity contribution in [3.63, 3.8) is 0 Å². The van der Waals surface area contributed by atoms with Gasteiger partial charge in [-0.25, -0.2) is 9.59 Å². The van der Waals surface area contributed by atoms with Crippen LogP contribution in [0.15, 0.2) is 54.6 Å². The Morgan fingerprint density at radius 2 is 1.39 bits per heavy atom. The van der Waals surface area contributed by atoms with Gasteiger partial charge in [-0.3, -0.25) is 0 Å². The SMILES string of the molecule is O=C(/C=C\c1ccc(O)c(O)c1/C=C/c1ccc(O)c(O)c1)O[C@@H](Cc1ccc(O)c(O)c1)C(=O)O. The summed E-state index contributed by atoms with van der Waals surface area (Å²) < 4.78 is 5.00. The molecule has 0 saturated carbocycles. The Morgan fingerprint density at radius 3 is 2.03 bits per heavy atom. The van der Waals surface area contributed by atoms with Gasteiger partial charge in [0.05, 0.1) is 0 Å². The number of ether oxygens (including phenoxy) is 1. The summed E-state index contributed by atoms with van der Waals surface area (Å²) in [4.78, 5) is 23.9. The number of carboxylic acid groups (broad SMARTS) is 1. The van der Waals surface area contributed by atoms with E-state index in [2.05, 4.69) is 0 Å². The Hall–Kier alpha value is -5.12. The summed E-state index contributed by atoms with van der Waals surface area (Å²) in [6.07, 6.45) is 3.23. The first-order valence-electron chi connectivity index (χ1n) is 10.4. The Labute approximate surface area is 204 Å². The predicted molar refractivity (Wildman–Crippen MR) is 128 cm³/mol. The Bertz CT molecular complexity index is 1360. The molecule has 0 aliphatic heterocycles. The zero-order chi connectivity index (χ0) is 26.4. The Morgan fingerprint density at radius 1 is 0.750 bits per heavy atom. The van der Waals surface area contributed by atoms with Gasteiger partial charge >= 0.3 is 11.9 Å². The molecule has 0 radical (unpaired) electrons. The number of rotatable bonds is 8. The van der Waals surface area contributed by atoms with Gasteiger partial charge in [0, 0.05) is 18.1 Å². The fraction of sp³-hybridized carbons (Fsp3) is 0.0769. The summed E-state index contributed by atoms with van der Waals surface area (Å²) in [5, 5.41) is 67.5. The normalized spacial score (nSPS) is 12.1. The van der Waals surface area contributed by atoms with Crippen molar-refractivity contribution in [1.82, 2.24) is 0 Å². The van der Waals surface area contributed by atoms with Crippen molar-refractivity contribution in [1.29, 1.82) is 0 Å². The average molecular weight is 494 g/mol. The van der Waals surface area contributed by atoms with Crippen molar-refractivity contribution in [3.05, 3.63) is 76.9 Å². The highest BCUT2D eigenvalue weighted by molar-refractivity contribution is 5.91. The lowest BCUT2D eigenvalue weighted by molar-refractivity contribution is -0.160. The molecule has 0 bridgehead atoms. The lowest BCUT2D eigenvalue weighted by Gasteiger charge is -2.13. The minimum atomic E-state index is -1.58. The third-order valence-electron chi connectivity index (χ3n) is 5.07. The summed E-state index contributed by atoms with van der Waals surface area (Å²) in [7, 11) is 0. The van der Waals surface area contributed by atoms with Gasteiger partial charge in [0.1, 0.15) is 0 Å². The monoisotopic (exact) mass is 494 g/mol. The molecule has 0 saturated heterocycles. The molecule has 1 atom stereocenters. The average Bonchev–Trinajstić information content (AvgIpc) is 2.83. The number of esters is 1. The zero-order valence-electron chi connectivity index (χ0n) is 18.6. The van der Waals surface area contributed by atoms with Gasteiger partial charge in [-0.05, 0) is 59.2 Å². The number of hydrogen-bond acceptors (Lipinski definition) is 9. The van der Waals surface area contributed by atoms with Crippen LogP contribution >= 0.6 is 0 Å². The van der Waals surface area contributed by atoms with E-state index in [0.717, 1.165) is 12.1 Å². The van der Waals surface area contributed by atoms with E-state index < -0.39 is 35.3 Å². The van der Waals surface area contributed by atoms with Crippen LogP contribution in [-0.2, 0) is 20.7 Å². The number of benzene rings is 3. The summed E-state index contributed by atoms with van der Waals surface area (Å²) in [5.41, 5.74) is 1.16. The third-order valence-corrected chi connectivity index (χ3v) is 5.07. The van der Waals surface area contributed by atoms with Gasteiger partial charge in [0.2, 0.25) is 6.10 Å². The summed E-state index contributed by atoms with van der Waals surface area (Å²) >= 11 is 0. The first-order valence-corrected chi connectivity index (χ1v) is 10.4. The number of hydrogen-bond donors (Lipinski definition) is 7. The van der Waals surface area contributed by atoms with E-state index >= 15 is 0 Å². The fourth-order valence-electron chi connectivity index (χ4n) is 3.18. The predicted octanol–water partition coefficient (Wildman–Crippen LogP) is 3.34. The highest BCUT2D eigenvalue weighted by Crippen LogP contribution is 2.34. The largest absolute Gasteiger partial charge is 0.504 e. The molecular formula is C26H22O10. The number of carboxylic acids is 1. The van der Waals surface area contributed by atoms with Crippen LogP contribution in [0.25, 0.3) is 18.2 Å². The highest BCUT2D eigenvalue weighted by Gasteiger charge is 2.22. The third kappa shape index (κ3) is 6.26. The van der Waals surface area contributed by atoms with Crippen LogP contribution in [0.3, 0.4) is 0 Å². The maximum atomic E-state index is 12.3. The molecular weight excluding hydrogens is 472 g/mol. The maximum Gasteiger partial charge on any atom is 0.345 e. The van der Waals surface area contributed by atoms with Crippen molar-refractivity contribution in [2.75, 3.05) is 0 Å². The number of aromatic hydroxyl groups is 6. The van der Waals surface area contributed by atoms with Crippen LogP contribution in [0.1, 0.15) is 22.3 Å². The van der Waals surface area contributed by atoms with Gasteiger partial charge < -0.3 is 40.5 Å². The van der Waals surface area contributed by atoms with Crippen LogP contribution in [0.2, 0.25) is 0 Å². The van der Waals surface area contributed by atoms with E-state index in [1.54, 1.807) is 0 Å². The Balaban J connectivity index is 1.79. The highest BCUT2D eigenvalue weighted by atomic mass is 16.6. The van der Waals surface area contributed by atoms with Crippen LogP contribution < -0.4 is 0 Å². The number of phenols is 6. The quantitative estimate of drug-likeness (QED) is 0.106. The molecule has 0 heterocycles. The van der Waals surface area contributed by atoms with Crippen LogP contribution in [0.5, 0.6) is 34.5 Å². The standard InChI is InChI=1S/C26H22O10/c27-18-7-2-14(11-21(18)30)1-6-17-16(4-9-20(29)25(17)33)5-10-24(32)36-23(26(34)35)13-15-3-8-19(28)22(31)12-15/h1-12,23,27-31,33H,13H2,(H,34,35)/b6-1+,10-5-/t23-/m0/s1. The Kier molecular flexibility index (Phi) is 7.70. The minimum Gasteiger partial charge on any atom is -0.504 e. The van der Waals surface area contributed by atoms with E-state index in [-0.39, 0.29) is 34.8 Å². The summed E-state index contributed by atoms with van der Waals surface area (Å²) in [5.74, 6) is -4.82. The lowest BCUT2D eigenvalue weighted by atomic mass is 10.0. The number of phenolic OH excluding ortho intramolecular Hbond substituents is 6. The van der Waals surface area contributed by atoms with Crippen molar-refractivity contribution < 1.29 is 50.1 Å². The first-order chi connectivity index (χ1) is 17.0. The zero-order valence-corrected chi connectivity index (χ0v) is 18.6. The van der Waals surface area contributed by atoms with Crippen LogP contribution in [0.4, 0.5) is 0 Å². The van der Waals surface area contributed by atoms with Crippen molar-refractivity contribution in [2.45, 2.75) is 12.5 Å². The summed E-state index contributed by atoms with van der Waals surface area (Å²) in [6.45, 7) is 0. The molecule has 7 N–H and O–H groups in total. The van der Waals surface area contributed by atoms with Gasteiger partial charge in [0.25, 0.3) is 0 Å². The molecule has 0 aliphatic rings. The molecule has 0 aromatic heterocycles. The maximum absolute atomic E-state index is 12.3. The molecule has 10 nitrogen and oxygen atoms in total. The van der Waals surface area contributed by atoms with Crippen molar-refractivity contribution >= 4 is 30.2 Å². The van der Waals surface area contributed by atoms with Gasteiger partial charge in [-0.1, -0.05) is 24.3 Å². The minimum absolute atomic E-state index is 0.112. The van der Waals surface area contributed by atoms with E-state index in [0.29, 0.717) is 11.1 Å². The van der Waals surface area contributed by atoms with E-state index in [9.17, 15) is 45.3 Å². The topological polar surface area (TPSA) is 185 Å². The van der Waals surface area contributed by atoms with Crippen molar-refractivity contribution in [3.8, 4) is 34.5 Å². The molecule has 3 aromatic rings. The molecule has 0 aliphatic carbocycles. The molecule has 3 rings (SSSR count). The van der Waals surface area contributed by atoms with Crippen molar-refractivity contribution in [2.24, 2.45) is 0 Å². The van der Waals surface area contributed by atoms with E-state index in [1.807, 2.05) is 0 Å². The molecule has 36 heavy (non-hydrogen) atoms. The van der Waals surface area contributed by atoms with Gasteiger partial charge in [-0.2, -0.15) is 0 Å². The molecule has 186 valence electrons. The molecule has 0 amide bonds. The van der Waals surface area contributed by atoms with Gasteiger partial charge in [-0.15, -0.1) is 0 Å². The number of carbonyl (C=O) groups is 2. The fourth-order valence-corrected chi connectivity index (χ4v) is 3.18. The van der Waals surface area contributed by atoms with Gasteiger partial charge in [0.15, 0.2) is 34.5 Å². The number of aliphatic carboxylic acids is 1. The van der Waals surface area contributed by atoms with Crippen LogP contribution in [0, 0.1) is 0 Å². The molecule has 0 fully saturated rings. The summed E-state index contributed by atoms with van der Waals surface area (Å²) in [6, 6.07) is 10.4. The second kappa shape index (κ2) is 10.9. The second-order valence-corrected chi connectivity index (χ2v) is 7.64. The first kappa shape index (κ1) is 25.5. The molecule has 0 unspecified atom stereocenters. The number of carbonyl (C=O) groups excluding carboxylic acids is 1. The lowest BCUT2D eigenvalue weighted by Crippen LogP contribution is -2.28. The van der Waals surface area contributed by atoms with Crippen LogP contribution in [-0.4, -0.2) is 53.8 Å². The van der Waals surface area contributed by atoms with E-state index in [1.165, 1.54) is 60.7 Å².